The van der Waals surface area contributed by atoms with Crippen LogP contribution in [0.15, 0.2) is 78.0 Å². The van der Waals surface area contributed by atoms with Crippen molar-refractivity contribution in [3.05, 3.63) is 78.6 Å². The van der Waals surface area contributed by atoms with Crippen LogP contribution in [-0.2, 0) is 14.8 Å². The van der Waals surface area contributed by atoms with Crippen molar-refractivity contribution in [2.75, 3.05) is 23.3 Å². The monoisotopic (exact) mass is 411 g/mol. The second-order valence-corrected chi connectivity index (χ2v) is 8.18. The van der Waals surface area contributed by atoms with Crippen molar-refractivity contribution in [3.63, 3.8) is 0 Å². The van der Waals surface area contributed by atoms with Gasteiger partial charge in [0, 0.05) is 12.3 Å². The maximum atomic E-state index is 13.3. The van der Waals surface area contributed by atoms with E-state index in [4.69, 9.17) is 4.74 Å². The zero-order valence-electron chi connectivity index (χ0n) is 16.1. The molecule has 8 heteroatoms. The quantitative estimate of drug-likeness (QED) is 0.645. The lowest BCUT2D eigenvalue weighted by molar-refractivity contribution is -0.114. The van der Waals surface area contributed by atoms with E-state index >= 15 is 0 Å². The van der Waals surface area contributed by atoms with Crippen molar-refractivity contribution in [3.8, 4) is 5.75 Å². The molecule has 0 bridgehead atoms. The largest absolute Gasteiger partial charge is 0.497 e. The zero-order chi connectivity index (χ0) is 20.9. The molecule has 29 heavy (non-hydrogen) atoms. The summed E-state index contributed by atoms with van der Waals surface area (Å²) in [4.78, 5) is 16.6. The molecule has 0 aliphatic rings. The molecular formula is C21H21N3O4S. The Hall–Kier alpha value is -3.39. The number of amides is 1. The average molecular weight is 411 g/mol. The predicted octanol–water partition coefficient (Wildman–Crippen LogP) is 3.23. The second-order valence-electron chi connectivity index (χ2n) is 6.32. The van der Waals surface area contributed by atoms with Gasteiger partial charge in [-0.3, -0.25) is 14.1 Å². The van der Waals surface area contributed by atoms with Crippen LogP contribution >= 0.6 is 0 Å². The summed E-state index contributed by atoms with van der Waals surface area (Å²) in [5, 5.41) is 2.66. The summed E-state index contributed by atoms with van der Waals surface area (Å²) < 4.78 is 32.9. The van der Waals surface area contributed by atoms with E-state index in [0.29, 0.717) is 17.1 Å². The molecule has 3 aromatic rings. The van der Waals surface area contributed by atoms with Crippen LogP contribution in [0.4, 0.5) is 11.4 Å². The fraction of sp³-hybridized carbons (Fsp3) is 0.143. The van der Waals surface area contributed by atoms with Crippen LogP contribution in [0.25, 0.3) is 0 Å². The molecular weight excluding hydrogens is 390 g/mol. The molecule has 1 heterocycles. The summed E-state index contributed by atoms with van der Waals surface area (Å²) in [5.41, 5.74) is 1.74. The van der Waals surface area contributed by atoms with Gasteiger partial charge >= 0.3 is 0 Å². The third-order valence-corrected chi connectivity index (χ3v) is 5.97. The molecule has 0 fully saturated rings. The Morgan fingerprint density at radius 2 is 1.86 bits per heavy atom. The number of nitrogens with one attached hydrogen (secondary N) is 1. The Kier molecular flexibility index (Phi) is 6.13. The third-order valence-electron chi connectivity index (χ3n) is 4.18. The van der Waals surface area contributed by atoms with Crippen LogP contribution in [0.2, 0.25) is 0 Å². The van der Waals surface area contributed by atoms with E-state index in [1.165, 1.54) is 25.4 Å². The Labute approximate surface area is 170 Å². The standard InChI is InChI=1S/C21H21N3O4S/c1-16-8-10-20(11-9-16)29(26,27)24(18-6-3-7-19(13-18)28-2)15-21(25)23-17-5-4-12-22-14-17/h3-14H,15H2,1-2H3,(H,23,25). The fourth-order valence-electron chi connectivity index (χ4n) is 2.69. The summed E-state index contributed by atoms with van der Waals surface area (Å²) in [6.07, 6.45) is 3.07. The Morgan fingerprint density at radius 3 is 2.52 bits per heavy atom. The van der Waals surface area contributed by atoms with E-state index in [9.17, 15) is 13.2 Å². The van der Waals surface area contributed by atoms with E-state index in [2.05, 4.69) is 10.3 Å². The summed E-state index contributed by atoms with van der Waals surface area (Å²) in [6.45, 7) is 1.47. The molecule has 0 aliphatic carbocycles. The number of nitrogens with zero attached hydrogens (tertiary/aromatic N) is 2. The van der Waals surface area contributed by atoms with E-state index in [0.717, 1.165) is 9.87 Å². The molecule has 7 nitrogen and oxygen atoms in total. The van der Waals surface area contributed by atoms with E-state index < -0.39 is 22.5 Å². The van der Waals surface area contributed by atoms with Gasteiger partial charge in [0.15, 0.2) is 0 Å². The van der Waals surface area contributed by atoms with Gasteiger partial charge in [0.05, 0.1) is 29.6 Å². The van der Waals surface area contributed by atoms with E-state index in [1.807, 2.05) is 6.92 Å². The van der Waals surface area contributed by atoms with E-state index in [1.54, 1.807) is 54.7 Å². The van der Waals surface area contributed by atoms with Crippen LogP contribution in [-0.4, -0.2) is 33.0 Å². The van der Waals surface area contributed by atoms with Crippen molar-refractivity contribution in [1.82, 2.24) is 4.98 Å². The van der Waals surface area contributed by atoms with Crippen LogP contribution in [0, 0.1) is 6.92 Å². The number of hydrogen-bond donors (Lipinski definition) is 1. The van der Waals surface area contributed by atoms with Gasteiger partial charge in [0.1, 0.15) is 12.3 Å². The van der Waals surface area contributed by atoms with Crippen LogP contribution in [0.3, 0.4) is 0 Å². The third kappa shape index (κ3) is 4.91. The summed E-state index contributed by atoms with van der Waals surface area (Å²) in [6, 6.07) is 16.4. The number of carbonyl (C=O) groups excluding carboxylic acids is 1. The van der Waals surface area contributed by atoms with Gasteiger partial charge in [-0.15, -0.1) is 0 Å². The molecule has 0 saturated carbocycles. The zero-order valence-corrected chi connectivity index (χ0v) is 16.9. The number of carbonyl (C=O) groups is 1. The number of anilines is 2. The van der Waals surface area contributed by atoms with Crippen LogP contribution in [0.5, 0.6) is 5.75 Å². The lowest BCUT2D eigenvalue weighted by Crippen LogP contribution is -2.38. The van der Waals surface area contributed by atoms with Crippen molar-refractivity contribution < 1.29 is 17.9 Å². The molecule has 1 amide bonds. The minimum absolute atomic E-state index is 0.0973. The molecule has 0 atom stereocenters. The maximum absolute atomic E-state index is 13.3. The minimum atomic E-state index is -3.98. The van der Waals surface area contributed by atoms with Crippen molar-refractivity contribution in [2.24, 2.45) is 0 Å². The number of aryl methyl sites for hydroxylation is 1. The first kappa shape index (κ1) is 20.3. The first-order valence-electron chi connectivity index (χ1n) is 8.83. The number of benzene rings is 2. The molecule has 0 aliphatic heterocycles. The summed E-state index contributed by atoms with van der Waals surface area (Å²) in [7, 11) is -2.49. The van der Waals surface area contributed by atoms with Crippen molar-refractivity contribution >= 4 is 27.3 Å². The molecule has 2 aromatic carbocycles. The van der Waals surface area contributed by atoms with E-state index in [-0.39, 0.29) is 4.90 Å². The minimum Gasteiger partial charge on any atom is -0.497 e. The molecule has 0 unspecified atom stereocenters. The molecule has 0 radical (unpaired) electrons. The SMILES string of the molecule is COc1cccc(N(CC(=O)Nc2cccnc2)S(=O)(=O)c2ccc(C)cc2)c1. The topological polar surface area (TPSA) is 88.6 Å². The van der Waals surface area contributed by atoms with Gasteiger partial charge in [-0.25, -0.2) is 8.42 Å². The number of methoxy groups -OCH3 is 1. The fourth-order valence-corrected chi connectivity index (χ4v) is 4.10. The molecule has 3 rings (SSSR count). The highest BCUT2D eigenvalue weighted by Crippen LogP contribution is 2.27. The Bertz CT molecular complexity index is 1080. The second kappa shape index (κ2) is 8.74. The average Bonchev–Trinajstić information content (AvgIpc) is 2.73. The van der Waals surface area contributed by atoms with Gasteiger partial charge in [-0.05, 0) is 43.3 Å². The number of pyridine rings is 1. The van der Waals surface area contributed by atoms with Crippen LogP contribution < -0.4 is 14.4 Å². The molecule has 150 valence electrons. The van der Waals surface area contributed by atoms with Crippen molar-refractivity contribution in [1.29, 1.82) is 0 Å². The molecule has 1 aromatic heterocycles. The number of aromatic nitrogens is 1. The van der Waals surface area contributed by atoms with Gasteiger partial charge in [-0.2, -0.15) is 0 Å². The molecule has 0 saturated heterocycles. The number of ether oxygens (including phenoxy) is 1. The lowest BCUT2D eigenvalue weighted by Gasteiger charge is -2.24. The first-order valence-corrected chi connectivity index (χ1v) is 10.3. The first-order chi connectivity index (χ1) is 13.9. The van der Waals surface area contributed by atoms with Gasteiger partial charge in [0.25, 0.3) is 10.0 Å². The Morgan fingerprint density at radius 1 is 1.10 bits per heavy atom. The van der Waals surface area contributed by atoms with Gasteiger partial charge in [-0.1, -0.05) is 23.8 Å². The smallest absolute Gasteiger partial charge is 0.264 e. The molecule has 1 N–H and O–H groups in total. The van der Waals surface area contributed by atoms with Gasteiger partial charge in [0.2, 0.25) is 5.91 Å². The predicted molar refractivity (Wildman–Crippen MR) is 112 cm³/mol. The number of sulfonamides is 1. The Balaban J connectivity index is 1.97. The highest BCUT2D eigenvalue weighted by Gasteiger charge is 2.27. The van der Waals surface area contributed by atoms with Gasteiger partial charge < -0.3 is 10.1 Å². The highest BCUT2D eigenvalue weighted by atomic mass is 32.2. The summed E-state index contributed by atoms with van der Waals surface area (Å²) >= 11 is 0. The number of rotatable bonds is 7. The van der Waals surface area contributed by atoms with Crippen molar-refractivity contribution in [2.45, 2.75) is 11.8 Å². The lowest BCUT2D eigenvalue weighted by atomic mass is 10.2. The van der Waals surface area contributed by atoms with Crippen LogP contribution in [0.1, 0.15) is 5.56 Å². The summed E-state index contributed by atoms with van der Waals surface area (Å²) in [5.74, 6) is -0.00391. The maximum Gasteiger partial charge on any atom is 0.264 e. The normalized spacial score (nSPS) is 11.0. The highest BCUT2D eigenvalue weighted by molar-refractivity contribution is 7.92. The number of hydrogen-bond acceptors (Lipinski definition) is 5. The molecule has 0 spiro atoms.